The first-order chi connectivity index (χ1) is 15.0. The average molecular weight is 553 g/mol. The predicted molar refractivity (Wildman–Crippen MR) is 141 cm³/mol. The summed E-state index contributed by atoms with van der Waals surface area (Å²) in [5, 5.41) is 6.64. The van der Waals surface area contributed by atoms with Crippen molar-refractivity contribution >= 4 is 35.8 Å². The fourth-order valence-corrected chi connectivity index (χ4v) is 2.94. The molecule has 32 heavy (non-hydrogen) atoms. The number of unbranched alkanes of at least 4 members (excludes halogenated alkanes) is 1. The van der Waals surface area contributed by atoms with Crippen LogP contribution >= 0.6 is 24.0 Å². The van der Waals surface area contributed by atoms with Crippen LogP contribution in [0.15, 0.2) is 47.6 Å². The molecule has 0 saturated carbocycles. The van der Waals surface area contributed by atoms with Crippen LogP contribution in [0, 0.1) is 0 Å². The Labute approximate surface area is 209 Å². The first kappa shape index (κ1) is 27.7. The van der Waals surface area contributed by atoms with Gasteiger partial charge in [-0.1, -0.05) is 31.5 Å². The van der Waals surface area contributed by atoms with Crippen LogP contribution in [0.25, 0.3) is 0 Å². The molecule has 2 aromatic rings. The normalized spacial score (nSPS) is 10.8. The summed E-state index contributed by atoms with van der Waals surface area (Å²) in [6, 6.07) is 11.7. The Morgan fingerprint density at radius 1 is 1.16 bits per heavy atom. The van der Waals surface area contributed by atoms with Gasteiger partial charge in [0, 0.05) is 44.5 Å². The number of pyridine rings is 1. The van der Waals surface area contributed by atoms with Gasteiger partial charge in [0.2, 0.25) is 5.88 Å². The van der Waals surface area contributed by atoms with Crippen molar-refractivity contribution in [2.75, 3.05) is 33.8 Å². The molecule has 0 bridgehead atoms. The number of nitrogens with one attached hydrogen (secondary N) is 2. The van der Waals surface area contributed by atoms with Gasteiger partial charge in [-0.15, -0.1) is 24.0 Å². The average Bonchev–Trinajstić information content (AvgIpc) is 2.78. The zero-order valence-corrected chi connectivity index (χ0v) is 21.9. The van der Waals surface area contributed by atoms with Crippen molar-refractivity contribution in [3.63, 3.8) is 0 Å². The second-order valence-corrected chi connectivity index (χ2v) is 7.44. The number of hydrogen-bond donors (Lipinski definition) is 2. The Balaban J connectivity index is 0.00000512. The second-order valence-electron chi connectivity index (χ2n) is 7.44. The van der Waals surface area contributed by atoms with Crippen molar-refractivity contribution in [2.45, 2.75) is 39.7 Å². The fraction of sp³-hybridized carbons (Fsp3) is 0.458. The zero-order chi connectivity index (χ0) is 22.5. The van der Waals surface area contributed by atoms with Gasteiger partial charge in [0.05, 0.1) is 13.2 Å². The highest BCUT2D eigenvalue weighted by molar-refractivity contribution is 14.0. The number of benzene rings is 1. The van der Waals surface area contributed by atoms with E-state index in [1.807, 2.05) is 43.3 Å². The van der Waals surface area contributed by atoms with Crippen molar-refractivity contribution in [1.29, 1.82) is 0 Å². The van der Waals surface area contributed by atoms with Crippen molar-refractivity contribution in [3.05, 3.63) is 59.3 Å². The molecule has 0 atom stereocenters. The lowest BCUT2D eigenvalue weighted by Gasteiger charge is -2.13. The van der Waals surface area contributed by atoms with E-state index in [4.69, 9.17) is 4.74 Å². The van der Waals surface area contributed by atoms with Gasteiger partial charge >= 0.3 is 0 Å². The van der Waals surface area contributed by atoms with E-state index in [1.165, 1.54) is 0 Å². The van der Waals surface area contributed by atoms with E-state index >= 15 is 0 Å². The molecule has 0 saturated heterocycles. The first-order valence-corrected chi connectivity index (χ1v) is 10.9. The maximum atomic E-state index is 12.2. The molecule has 0 aliphatic rings. The van der Waals surface area contributed by atoms with Gasteiger partial charge in [-0.05, 0) is 43.5 Å². The topological polar surface area (TPSA) is 78.9 Å². The number of aromatic nitrogens is 1. The van der Waals surface area contributed by atoms with E-state index < -0.39 is 0 Å². The third-order valence-corrected chi connectivity index (χ3v) is 4.62. The van der Waals surface area contributed by atoms with E-state index in [2.05, 4.69) is 27.5 Å². The molecule has 0 aliphatic carbocycles. The van der Waals surface area contributed by atoms with Crippen molar-refractivity contribution < 1.29 is 9.53 Å². The number of amides is 1. The quantitative estimate of drug-likeness (QED) is 0.191. The Bertz CT molecular complexity index is 858. The number of guanidine groups is 1. The van der Waals surface area contributed by atoms with Gasteiger partial charge in [0.25, 0.3) is 5.91 Å². The molecule has 7 nitrogen and oxygen atoms in total. The smallest absolute Gasteiger partial charge is 0.253 e. The summed E-state index contributed by atoms with van der Waals surface area (Å²) in [7, 11) is 3.52. The highest BCUT2D eigenvalue weighted by atomic mass is 127. The van der Waals surface area contributed by atoms with Gasteiger partial charge in [0.1, 0.15) is 0 Å². The number of rotatable bonds is 11. The van der Waals surface area contributed by atoms with E-state index in [0.29, 0.717) is 31.1 Å². The van der Waals surface area contributed by atoms with Gasteiger partial charge < -0.3 is 20.3 Å². The molecule has 1 aromatic carbocycles. The van der Waals surface area contributed by atoms with Crippen LogP contribution < -0.4 is 15.4 Å². The van der Waals surface area contributed by atoms with Crippen LogP contribution in [0.3, 0.4) is 0 Å². The number of carbonyl (C=O) groups excluding carboxylic acids is 1. The molecule has 0 radical (unpaired) electrons. The molecule has 1 aromatic heterocycles. The minimum Gasteiger partial charge on any atom is -0.477 e. The minimum absolute atomic E-state index is 0. The maximum Gasteiger partial charge on any atom is 0.253 e. The van der Waals surface area contributed by atoms with E-state index in [0.717, 1.165) is 42.9 Å². The first-order valence-electron chi connectivity index (χ1n) is 10.9. The Morgan fingerprint density at radius 2 is 1.97 bits per heavy atom. The molecule has 1 amide bonds. The molecular formula is C24H36IN5O2. The molecular weight excluding hydrogens is 517 g/mol. The standard InChI is InChI=1S/C24H35N5O2.HI/c1-5-7-16-31-22-21(12-9-14-26-22)18-28-24(25-6-2)27-15-13-19-10-8-11-20(17-19)23(30)29(3)4;/h8-12,14,17H,5-7,13,15-16,18H2,1-4H3,(H2,25,27,28);1H. The van der Waals surface area contributed by atoms with Gasteiger partial charge in [-0.3, -0.25) is 4.79 Å². The molecule has 1 heterocycles. The Kier molecular flexibility index (Phi) is 13.4. The van der Waals surface area contributed by atoms with Crippen LogP contribution in [0.4, 0.5) is 0 Å². The van der Waals surface area contributed by atoms with Gasteiger partial charge in [0.15, 0.2) is 5.96 Å². The lowest BCUT2D eigenvalue weighted by atomic mass is 10.1. The third-order valence-electron chi connectivity index (χ3n) is 4.62. The summed E-state index contributed by atoms with van der Waals surface area (Å²) in [4.78, 5) is 22.8. The van der Waals surface area contributed by atoms with Crippen LogP contribution in [0.2, 0.25) is 0 Å². The van der Waals surface area contributed by atoms with Gasteiger partial charge in [-0.2, -0.15) is 0 Å². The largest absolute Gasteiger partial charge is 0.477 e. The summed E-state index contributed by atoms with van der Waals surface area (Å²) >= 11 is 0. The summed E-state index contributed by atoms with van der Waals surface area (Å²) in [6.45, 7) is 6.80. The van der Waals surface area contributed by atoms with Crippen LogP contribution in [0.1, 0.15) is 48.2 Å². The van der Waals surface area contributed by atoms with Crippen molar-refractivity contribution in [1.82, 2.24) is 20.5 Å². The molecule has 176 valence electrons. The Morgan fingerprint density at radius 3 is 2.69 bits per heavy atom. The Hall–Kier alpha value is -2.36. The number of nitrogens with zero attached hydrogens (tertiary/aromatic N) is 3. The van der Waals surface area contributed by atoms with Crippen LogP contribution in [0.5, 0.6) is 5.88 Å². The molecule has 2 N–H and O–H groups in total. The number of aliphatic imine (C=N–C) groups is 1. The molecule has 8 heteroatoms. The van der Waals surface area contributed by atoms with E-state index in [-0.39, 0.29) is 29.9 Å². The summed E-state index contributed by atoms with van der Waals surface area (Å²) in [6.07, 6.45) is 4.62. The predicted octanol–water partition coefficient (Wildman–Crippen LogP) is 3.88. The van der Waals surface area contributed by atoms with Crippen molar-refractivity contribution in [2.24, 2.45) is 4.99 Å². The highest BCUT2D eigenvalue weighted by Crippen LogP contribution is 2.16. The number of carbonyl (C=O) groups is 1. The highest BCUT2D eigenvalue weighted by Gasteiger charge is 2.08. The summed E-state index contributed by atoms with van der Waals surface area (Å²) in [5.41, 5.74) is 2.77. The van der Waals surface area contributed by atoms with Crippen LogP contribution in [-0.4, -0.2) is 55.5 Å². The molecule has 0 fully saturated rings. The lowest BCUT2D eigenvalue weighted by Crippen LogP contribution is -2.38. The molecule has 0 aliphatic heterocycles. The molecule has 0 unspecified atom stereocenters. The number of halogens is 1. The third kappa shape index (κ3) is 9.42. The summed E-state index contributed by atoms with van der Waals surface area (Å²) in [5.74, 6) is 1.41. The second kappa shape index (κ2) is 15.4. The monoisotopic (exact) mass is 553 g/mol. The zero-order valence-electron chi connectivity index (χ0n) is 19.6. The molecule has 0 spiro atoms. The SMILES string of the molecule is CCCCOc1ncccc1CN=C(NCC)NCCc1cccc(C(=O)N(C)C)c1.I. The van der Waals surface area contributed by atoms with Gasteiger partial charge in [-0.25, -0.2) is 9.98 Å². The number of ether oxygens (including phenoxy) is 1. The summed E-state index contributed by atoms with van der Waals surface area (Å²) < 4.78 is 5.80. The van der Waals surface area contributed by atoms with Crippen molar-refractivity contribution in [3.8, 4) is 5.88 Å². The molecule has 2 rings (SSSR count). The lowest BCUT2D eigenvalue weighted by molar-refractivity contribution is 0.0827. The van der Waals surface area contributed by atoms with Crippen LogP contribution in [-0.2, 0) is 13.0 Å². The maximum absolute atomic E-state index is 12.2. The number of hydrogen-bond acceptors (Lipinski definition) is 4. The van der Waals surface area contributed by atoms with E-state index in [1.54, 1.807) is 25.2 Å². The van der Waals surface area contributed by atoms with E-state index in [9.17, 15) is 4.79 Å². The minimum atomic E-state index is 0. The fourth-order valence-electron chi connectivity index (χ4n) is 2.94.